The molecule has 4 heteroatoms. The lowest BCUT2D eigenvalue weighted by molar-refractivity contribution is 0.0654. The Morgan fingerprint density at radius 2 is 2.11 bits per heavy atom. The summed E-state index contributed by atoms with van der Waals surface area (Å²) in [6, 6.07) is 0. The fourth-order valence-corrected chi connectivity index (χ4v) is 2.11. The number of allylic oxidation sites excluding steroid dienone is 1. The first kappa shape index (κ1) is 16.1. The normalized spacial score (nSPS) is 16.2. The van der Waals surface area contributed by atoms with Gasteiger partial charge in [0.05, 0.1) is 17.6 Å². The average Bonchev–Trinajstić information content (AvgIpc) is 2.44. The average molecular weight is 283 g/mol. The summed E-state index contributed by atoms with van der Waals surface area (Å²) < 4.78 is 5.20. The lowest BCUT2D eigenvalue weighted by Crippen LogP contribution is -2.14. The Morgan fingerprint density at radius 1 is 1.42 bits per heavy atom. The third kappa shape index (κ3) is 6.17. The molecule has 0 spiro atoms. The second kappa shape index (κ2) is 9.05. The number of ether oxygens (including phenoxy) is 1. The zero-order valence-electron chi connectivity index (χ0n) is 12.0. The minimum Gasteiger partial charge on any atom is -0.381 e. The van der Waals surface area contributed by atoms with Crippen LogP contribution in [0, 0.1) is 12.8 Å². The Hall–Kier alpha value is -0.930. The van der Waals surface area contributed by atoms with Gasteiger partial charge in [-0.1, -0.05) is 31.0 Å². The second-order valence-electron chi connectivity index (χ2n) is 4.63. The molecule has 0 aliphatic carbocycles. The van der Waals surface area contributed by atoms with Crippen LogP contribution in [-0.4, -0.2) is 23.2 Å². The van der Waals surface area contributed by atoms with Gasteiger partial charge in [0.1, 0.15) is 5.15 Å². The molecule has 0 unspecified atom stereocenters. The van der Waals surface area contributed by atoms with E-state index in [1.165, 1.54) is 19.3 Å². The number of hydrogen-bond donors (Lipinski definition) is 0. The highest BCUT2D eigenvalue weighted by Crippen LogP contribution is 2.16. The maximum Gasteiger partial charge on any atom is 0.147 e. The van der Waals surface area contributed by atoms with Crippen molar-refractivity contribution >= 4 is 17.7 Å². The zero-order valence-corrected chi connectivity index (χ0v) is 12.8. The van der Waals surface area contributed by atoms with Crippen LogP contribution in [0.25, 0.3) is 6.08 Å². The van der Waals surface area contributed by atoms with Crippen molar-refractivity contribution in [1.29, 1.82) is 0 Å². The highest BCUT2D eigenvalue weighted by Gasteiger charge is 2.09. The molecule has 1 aromatic heterocycles. The van der Waals surface area contributed by atoms with Gasteiger partial charge in [-0.3, -0.25) is 4.98 Å². The van der Waals surface area contributed by atoms with E-state index < -0.39 is 0 Å². The molecule has 0 aromatic carbocycles. The smallest absolute Gasteiger partial charge is 0.147 e. The van der Waals surface area contributed by atoms with Crippen LogP contribution in [0.2, 0.25) is 5.15 Å². The van der Waals surface area contributed by atoms with Gasteiger partial charge in [0.15, 0.2) is 0 Å². The Balaban J connectivity index is 0.000000200. The van der Waals surface area contributed by atoms with E-state index in [9.17, 15) is 0 Å². The quantitative estimate of drug-likeness (QED) is 0.811. The summed E-state index contributed by atoms with van der Waals surface area (Å²) in [6.07, 6.45) is 9.28. The Morgan fingerprint density at radius 3 is 2.58 bits per heavy atom. The van der Waals surface area contributed by atoms with Crippen LogP contribution in [0.5, 0.6) is 0 Å². The van der Waals surface area contributed by atoms with Crippen molar-refractivity contribution in [3.05, 3.63) is 28.8 Å². The zero-order chi connectivity index (χ0) is 14.1. The van der Waals surface area contributed by atoms with E-state index in [-0.39, 0.29) is 0 Å². The molecular formula is C15H23ClN2O. The minimum atomic E-state index is 0.441. The van der Waals surface area contributed by atoms with Crippen molar-refractivity contribution in [1.82, 2.24) is 9.97 Å². The molecule has 1 aromatic rings. The maximum absolute atomic E-state index is 5.62. The molecule has 19 heavy (non-hydrogen) atoms. The van der Waals surface area contributed by atoms with Crippen LogP contribution in [-0.2, 0) is 4.74 Å². The van der Waals surface area contributed by atoms with E-state index in [4.69, 9.17) is 16.3 Å². The molecule has 3 nitrogen and oxygen atoms in total. The Bertz CT molecular complexity index is 401. The van der Waals surface area contributed by atoms with Crippen LogP contribution < -0.4 is 0 Å². The molecule has 2 heterocycles. The molecule has 106 valence electrons. The van der Waals surface area contributed by atoms with Crippen molar-refractivity contribution in [3.63, 3.8) is 0 Å². The summed E-state index contributed by atoms with van der Waals surface area (Å²) in [4.78, 5) is 8.13. The van der Waals surface area contributed by atoms with Gasteiger partial charge in [-0.05, 0) is 38.7 Å². The van der Waals surface area contributed by atoms with Crippen LogP contribution in [0.3, 0.4) is 0 Å². The van der Waals surface area contributed by atoms with Gasteiger partial charge < -0.3 is 4.74 Å². The van der Waals surface area contributed by atoms with Crippen molar-refractivity contribution in [2.75, 3.05) is 13.2 Å². The summed E-state index contributed by atoms with van der Waals surface area (Å²) in [5.41, 5.74) is 1.73. The fraction of sp³-hybridized carbons (Fsp3) is 0.600. The standard InChI is InChI=1S/C8H9ClN2.C7H14O/c1-3-4-7-6(2)11-8(9)5-10-7;1-2-7-3-5-8-6-4-7/h3-5H,1-2H3;7H,2-6H2,1H3/b4-3-;. The number of rotatable bonds is 2. The molecule has 2 rings (SSSR count). The van der Waals surface area contributed by atoms with Crippen molar-refractivity contribution in [2.24, 2.45) is 5.92 Å². The van der Waals surface area contributed by atoms with Crippen molar-refractivity contribution < 1.29 is 4.74 Å². The Labute approximate surface area is 121 Å². The summed E-state index contributed by atoms with van der Waals surface area (Å²) >= 11 is 5.62. The van der Waals surface area contributed by atoms with E-state index in [2.05, 4.69) is 16.9 Å². The fourth-order valence-electron chi connectivity index (χ4n) is 1.94. The third-order valence-corrected chi connectivity index (χ3v) is 3.38. The maximum atomic E-state index is 5.62. The van der Waals surface area contributed by atoms with Gasteiger partial charge in [-0.15, -0.1) is 0 Å². The molecule has 1 fully saturated rings. The number of aromatic nitrogens is 2. The second-order valence-corrected chi connectivity index (χ2v) is 5.01. The van der Waals surface area contributed by atoms with Crippen LogP contribution in [0.15, 0.2) is 12.3 Å². The van der Waals surface area contributed by atoms with Crippen molar-refractivity contribution in [3.8, 4) is 0 Å². The first-order valence-corrected chi connectivity index (χ1v) is 7.24. The SMILES string of the molecule is C/C=C\c1ncc(Cl)nc1C.CCC1CCOCC1. The van der Waals surface area contributed by atoms with E-state index in [0.29, 0.717) is 5.15 Å². The topological polar surface area (TPSA) is 35.0 Å². The molecule has 0 bridgehead atoms. The van der Waals surface area contributed by atoms with Gasteiger partial charge in [-0.2, -0.15) is 0 Å². The monoisotopic (exact) mass is 282 g/mol. The Kier molecular flexibility index (Phi) is 7.68. The lowest BCUT2D eigenvalue weighted by atomic mass is 9.98. The first-order valence-electron chi connectivity index (χ1n) is 6.87. The van der Waals surface area contributed by atoms with Crippen LogP contribution in [0.4, 0.5) is 0 Å². The molecule has 0 amide bonds. The van der Waals surface area contributed by atoms with Gasteiger partial charge in [0, 0.05) is 13.2 Å². The van der Waals surface area contributed by atoms with E-state index in [0.717, 1.165) is 30.5 Å². The van der Waals surface area contributed by atoms with Crippen LogP contribution in [0.1, 0.15) is 44.5 Å². The van der Waals surface area contributed by atoms with Gasteiger partial charge in [0.25, 0.3) is 0 Å². The highest BCUT2D eigenvalue weighted by atomic mass is 35.5. The predicted octanol–water partition coefficient (Wildman–Crippen LogP) is 4.29. The minimum absolute atomic E-state index is 0.441. The molecule has 1 aliphatic rings. The summed E-state index contributed by atoms with van der Waals surface area (Å²) in [7, 11) is 0. The molecule has 0 atom stereocenters. The van der Waals surface area contributed by atoms with Gasteiger partial charge in [-0.25, -0.2) is 4.98 Å². The molecule has 0 radical (unpaired) electrons. The molecule has 1 saturated heterocycles. The van der Waals surface area contributed by atoms with E-state index in [1.54, 1.807) is 6.20 Å². The summed E-state index contributed by atoms with van der Waals surface area (Å²) in [5.74, 6) is 0.962. The van der Waals surface area contributed by atoms with E-state index >= 15 is 0 Å². The largest absolute Gasteiger partial charge is 0.381 e. The third-order valence-electron chi connectivity index (χ3n) is 3.20. The van der Waals surface area contributed by atoms with Gasteiger partial charge in [0.2, 0.25) is 0 Å². The number of aryl methyl sites for hydroxylation is 1. The number of halogens is 1. The summed E-state index contributed by atoms with van der Waals surface area (Å²) in [6.45, 7) is 8.08. The first-order chi connectivity index (χ1) is 9.17. The molecule has 0 N–H and O–H groups in total. The van der Waals surface area contributed by atoms with Crippen LogP contribution >= 0.6 is 11.6 Å². The number of nitrogens with zero attached hydrogens (tertiary/aromatic N) is 2. The highest BCUT2D eigenvalue weighted by molar-refractivity contribution is 6.29. The lowest BCUT2D eigenvalue weighted by Gasteiger charge is -2.19. The van der Waals surface area contributed by atoms with E-state index in [1.807, 2.05) is 26.0 Å². The summed E-state index contributed by atoms with van der Waals surface area (Å²) in [5, 5.41) is 0.441. The molecular weight excluding hydrogens is 260 g/mol. The molecule has 1 aliphatic heterocycles. The predicted molar refractivity (Wildman–Crippen MR) is 80.3 cm³/mol. The van der Waals surface area contributed by atoms with Crippen molar-refractivity contribution in [2.45, 2.75) is 40.0 Å². The number of hydrogen-bond acceptors (Lipinski definition) is 3. The molecule has 0 saturated carbocycles. The van der Waals surface area contributed by atoms with Gasteiger partial charge >= 0.3 is 0 Å².